The van der Waals surface area contributed by atoms with Gasteiger partial charge in [0.15, 0.2) is 0 Å². The van der Waals surface area contributed by atoms with E-state index in [0.29, 0.717) is 16.9 Å². The van der Waals surface area contributed by atoms with E-state index in [2.05, 4.69) is 4.98 Å². The zero-order valence-electron chi connectivity index (χ0n) is 19.0. The molecule has 168 valence electrons. The van der Waals surface area contributed by atoms with Gasteiger partial charge in [-0.3, -0.25) is 4.31 Å². The van der Waals surface area contributed by atoms with Crippen LogP contribution < -0.4 is 19.2 Å². The van der Waals surface area contributed by atoms with Crippen molar-refractivity contribution in [3.8, 4) is 11.6 Å². The number of aromatic nitrogens is 1. The average molecular weight is 448 g/mol. The Kier molecular flexibility index (Phi) is 6.28. The van der Waals surface area contributed by atoms with Crippen LogP contribution in [0.5, 0.6) is 11.6 Å². The highest BCUT2D eigenvalue weighted by molar-refractivity contribution is 7.92. The Morgan fingerprint density at radius 2 is 1.61 bits per heavy atom. The Morgan fingerprint density at radius 1 is 1.03 bits per heavy atom. The molecule has 2 heterocycles. The third-order valence-electron chi connectivity index (χ3n) is 5.73. The number of rotatable bonds is 7. The number of pyridine rings is 1. The minimum Gasteiger partial charge on any atom is -0.497 e. The zero-order valence-corrected chi connectivity index (χ0v) is 19.8. The summed E-state index contributed by atoms with van der Waals surface area (Å²) in [6, 6.07) is 8.89. The lowest BCUT2D eigenvalue weighted by Gasteiger charge is -2.32. The van der Waals surface area contributed by atoms with Gasteiger partial charge in [0.1, 0.15) is 11.4 Å². The van der Waals surface area contributed by atoms with Crippen LogP contribution in [0.2, 0.25) is 0 Å². The molecule has 0 radical (unpaired) electrons. The van der Waals surface area contributed by atoms with Crippen molar-refractivity contribution in [2.75, 3.05) is 24.8 Å². The van der Waals surface area contributed by atoms with Gasteiger partial charge in [-0.25, -0.2) is 13.4 Å². The molecule has 1 aromatic heterocycles. The molecule has 1 fully saturated rings. The maximum atomic E-state index is 12.7. The van der Waals surface area contributed by atoms with Gasteiger partial charge in [-0.1, -0.05) is 12.1 Å². The molecule has 0 saturated carbocycles. The van der Waals surface area contributed by atoms with Gasteiger partial charge in [-0.15, -0.1) is 0 Å². The second kappa shape index (κ2) is 8.33. The van der Waals surface area contributed by atoms with Crippen molar-refractivity contribution < 1.29 is 27.2 Å². The molecule has 1 aliphatic heterocycles. The van der Waals surface area contributed by atoms with E-state index in [0.717, 1.165) is 11.8 Å². The average Bonchev–Trinajstić information content (AvgIpc) is 2.92. The Morgan fingerprint density at radius 3 is 2.10 bits per heavy atom. The van der Waals surface area contributed by atoms with Crippen LogP contribution in [-0.2, 0) is 25.9 Å². The summed E-state index contributed by atoms with van der Waals surface area (Å²) in [4.78, 5) is 4.33. The number of nitrogens with zero attached hydrogens (tertiary/aromatic N) is 2. The summed E-state index contributed by atoms with van der Waals surface area (Å²) >= 11 is 0. The summed E-state index contributed by atoms with van der Waals surface area (Å²) in [6.07, 6.45) is 2.73. The molecule has 1 aromatic carbocycles. The van der Waals surface area contributed by atoms with Gasteiger partial charge in [0.25, 0.3) is 0 Å². The van der Waals surface area contributed by atoms with Crippen molar-refractivity contribution in [3.05, 3.63) is 42.1 Å². The van der Waals surface area contributed by atoms with Crippen LogP contribution >= 0.6 is 0 Å². The quantitative estimate of drug-likeness (QED) is 0.601. The summed E-state index contributed by atoms with van der Waals surface area (Å²) < 4.78 is 49.5. The first-order valence-corrected chi connectivity index (χ1v) is 11.7. The number of hydrogen-bond donors (Lipinski definition) is 0. The van der Waals surface area contributed by atoms with Crippen LogP contribution in [-0.4, -0.2) is 52.2 Å². The van der Waals surface area contributed by atoms with E-state index >= 15 is 0 Å². The number of sulfonamides is 1. The van der Waals surface area contributed by atoms with Crippen molar-refractivity contribution in [1.82, 2.24) is 4.98 Å². The molecule has 1 aliphatic rings. The summed E-state index contributed by atoms with van der Waals surface area (Å²) in [5, 5.41) is 0. The van der Waals surface area contributed by atoms with E-state index < -0.39 is 28.3 Å². The number of benzene rings is 1. The topological polar surface area (TPSA) is 87.2 Å². The molecule has 1 saturated heterocycles. The van der Waals surface area contributed by atoms with Crippen molar-refractivity contribution in [3.63, 3.8) is 0 Å². The van der Waals surface area contributed by atoms with E-state index in [1.54, 1.807) is 31.5 Å². The molecule has 8 nitrogen and oxygen atoms in total. The summed E-state index contributed by atoms with van der Waals surface area (Å²) in [5.41, 5.74) is 0.648. The second-order valence-corrected chi connectivity index (χ2v) is 10.4. The Labute approximate surface area is 184 Å². The highest BCUT2D eigenvalue weighted by atomic mass is 32.2. The summed E-state index contributed by atoms with van der Waals surface area (Å²) in [7, 11) is -1.29. The predicted molar refractivity (Wildman–Crippen MR) is 121 cm³/mol. The first kappa shape index (κ1) is 23.4. The molecule has 0 spiro atoms. The predicted octanol–water partition coefficient (Wildman–Crippen LogP) is 2.36. The van der Waals surface area contributed by atoms with Crippen molar-refractivity contribution in [2.45, 2.75) is 45.4 Å². The maximum absolute atomic E-state index is 12.7. The van der Waals surface area contributed by atoms with E-state index in [1.165, 1.54) is 11.4 Å². The van der Waals surface area contributed by atoms with E-state index in [1.807, 2.05) is 39.8 Å². The Balaban J connectivity index is 2.01. The number of ether oxygens (including phenoxy) is 2. The number of anilines is 1. The fourth-order valence-corrected chi connectivity index (χ4v) is 4.05. The molecule has 2 aromatic rings. The lowest BCUT2D eigenvalue weighted by Crippen LogP contribution is -2.41. The van der Waals surface area contributed by atoms with Gasteiger partial charge >= 0.3 is 7.12 Å². The molecule has 0 bridgehead atoms. The normalized spacial score (nSPS) is 17.5. The third kappa shape index (κ3) is 4.81. The minimum atomic E-state index is -3.65. The molecule has 0 aliphatic carbocycles. The Hall–Kier alpha value is -2.30. The highest BCUT2D eigenvalue weighted by Gasteiger charge is 2.52. The van der Waals surface area contributed by atoms with Crippen LogP contribution in [0.25, 0.3) is 0 Å². The van der Waals surface area contributed by atoms with Gasteiger partial charge in [-0.05, 0) is 51.5 Å². The standard InChI is InChI=1S/C21H29BN2O6S/c1-20(2)21(3,4)30-22(29-20)16-12-18(19(28-6)23-13-16)24(31(7,25)26)14-15-8-10-17(27-5)11-9-15/h8-13H,14H2,1-7H3. The largest absolute Gasteiger partial charge is 0.497 e. The molecule has 31 heavy (non-hydrogen) atoms. The van der Waals surface area contributed by atoms with Gasteiger partial charge in [0, 0.05) is 11.7 Å². The van der Waals surface area contributed by atoms with E-state index in [9.17, 15) is 8.42 Å². The fraction of sp³-hybridized carbons (Fsp3) is 0.476. The molecular formula is C21H29BN2O6S. The molecule has 3 rings (SSSR count). The molecule has 10 heteroatoms. The molecule has 0 amide bonds. The van der Waals surface area contributed by atoms with Gasteiger partial charge in [-0.2, -0.15) is 0 Å². The molecule has 0 N–H and O–H groups in total. The number of hydrogen-bond acceptors (Lipinski definition) is 7. The number of methoxy groups -OCH3 is 2. The first-order chi connectivity index (χ1) is 14.4. The van der Waals surface area contributed by atoms with E-state index in [-0.39, 0.29) is 12.4 Å². The SMILES string of the molecule is COc1ccc(CN(c2cc(B3OC(C)(C)C(C)(C)O3)cnc2OC)S(C)(=O)=O)cc1. The Bertz CT molecular complexity index is 1020. The summed E-state index contributed by atoms with van der Waals surface area (Å²) in [5.74, 6) is 0.885. The van der Waals surface area contributed by atoms with Crippen molar-refractivity contribution in [1.29, 1.82) is 0 Å². The van der Waals surface area contributed by atoms with Gasteiger partial charge < -0.3 is 18.8 Å². The monoisotopic (exact) mass is 448 g/mol. The smallest absolute Gasteiger partial charge is 0.496 e. The van der Waals surface area contributed by atoms with Gasteiger partial charge in [0.2, 0.25) is 15.9 Å². The third-order valence-corrected chi connectivity index (χ3v) is 6.85. The molecular weight excluding hydrogens is 419 g/mol. The van der Waals surface area contributed by atoms with Crippen LogP contribution in [0.15, 0.2) is 36.5 Å². The minimum absolute atomic E-state index is 0.105. The van der Waals surface area contributed by atoms with Crippen molar-refractivity contribution >= 4 is 28.3 Å². The highest BCUT2D eigenvalue weighted by Crippen LogP contribution is 2.37. The van der Waals surface area contributed by atoms with E-state index in [4.69, 9.17) is 18.8 Å². The maximum Gasteiger partial charge on any atom is 0.496 e. The summed E-state index contributed by atoms with van der Waals surface area (Å²) in [6.45, 7) is 7.93. The van der Waals surface area contributed by atoms with Crippen LogP contribution in [0.4, 0.5) is 5.69 Å². The van der Waals surface area contributed by atoms with Crippen molar-refractivity contribution in [2.24, 2.45) is 0 Å². The van der Waals surface area contributed by atoms with Crippen LogP contribution in [0, 0.1) is 0 Å². The lowest BCUT2D eigenvalue weighted by atomic mass is 9.80. The van der Waals surface area contributed by atoms with Crippen LogP contribution in [0.3, 0.4) is 0 Å². The zero-order chi connectivity index (χ0) is 23.0. The fourth-order valence-electron chi connectivity index (χ4n) is 3.18. The second-order valence-electron chi connectivity index (χ2n) is 8.50. The lowest BCUT2D eigenvalue weighted by molar-refractivity contribution is 0.00578. The first-order valence-electron chi connectivity index (χ1n) is 9.88. The van der Waals surface area contributed by atoms with Crippen LogP contribution in [0.1, 0.15) is 33.3 Å². The molecule has 0 atom stereocenters. The van der Waals surface area contributed by atoms with Gasteiger partial charge in [0.05, 0.1) is 38.2 Å². The molecule has 0 unspecified atom stereocenters.